The van der Waals surface area contributed by atoms with Gasteiger partial charge in [-0.15, -0.1) is 0 Å². The molecule has 4 aromatic rings. The van der Waals surface area contributed by atoms with Crippen molar-refractivity contribution in [3.63, 3.8) is 0 Å². The van der Waals surface area contributed by atoms with Crippen molar-refractivity contribution in [2.75, 3.05) is 11.9 Å². The van der Waals surface area contributed by atoms with Crippen LogP contribution < -0.4 is 5.32 Å². The topological polar surface area (TPSA) is 95.2 Å². The first-order valence-electron chi connectivity index (χ1n) is 10.9. The van der Waals surface area contributed by atoms with E-state index in [1.807, 2.05) is 61.5 Å². The molecule has 1 aliphatic rings. The zero-order valence-corrected chi connectivity index (χ0v) is 19.0. The lowest BCUT2D eigenvalue weighted by Crippen LogP contribution is -2.43. The number of rotatable bonds is 5. The third-order valence-corrected chi connectivity index (χ3v) is 7.84. The van der Waals surface area contributed by atoms with E-state index < -0.39 is 16.1 Å². The number of hydrogen-bond acceptors (Lipinski definition) is 4. The molecule has 0 spiro atoms. The molecule has 1 amide bonds. The summed E-state index contributed by atoms with van der Waals surface area (Å²) < 4.78 is 28.3. The first kappa shape index (κ1) is 21.4. The van der Waals surface area contributed by atoms with Gasteiger partial charge in [-0.3, -0.25) is 4.79 Å². The van der Waals surface area contributed by atoms with Crippen molar-refractivity contribution in [1.82, 2.24) is 14.3 Å². The van der Waals surface area contributed by atoms with Gasteiger partial charge in [0.05, 0.1) is 15.9 Å². The summed E-state index contributed by atoms with van der Waals surface area (Å²) in [4.78, 5) is 20.9. The van der Waals surface area contributed by atoms with Crippen LogP contribution in [-0.2, 0) is 14.8 Å². The number of fused-ring (bicyclic) bond motifs is 1. The molecule has 2 heterocycles. The molecule has 1 aromatic heterocycles. The van der Waals surface area contributed by atoms with Gasteiger partial charge < -0.3 is 10.3 Å². The second-order valence-corrected chi connectivity index (χ2v) is 10.2. The van der Waals surface area contributed by atoms with Crippen molar-refractivity contribution >= 4 is 32.7 Å². The Morgan fingerprint density at radius 3 is 2.58 bits per heavy atom. The average Bonchev–Trinajstić information content (AvgIpc) is 3.48. The smallest absolute Gasteiger partial charge is 0.243 e. The van der Waals surface area contributed by atoms with Crippen LogP contribution in [-0.4, -0.2) is 41.2 Å². The fourth-order valence-electron chi connectivity index (χ4n) is 4.17. The standard InChI is InChI=1S/C25H24N4O3S/c1-17-9-11-19(12-10-17)26-25(30)23-8-5-15-29(23)33(31,32)20-13-14-21-22(16-20)28-24(27-21)18-6-3-2-4-7-18/h2-4,6-7,9-14,16,23H,5,8,15H2,1H3,(H,26,30)(H,27,28). The van der Waals surface area contributed by atoms with Crippen molar-refractivity contribution in [1.29, 1.82) is 0 Å². The number of aromatic nitrogens is 2. The first-order valence-corrected chi connectivity index (χ1v) is 12.3. The molecule has 0 bridgehead atoms. The van der Waals surface area contributed by atoms with Gasteiger partial charge in [0.15, 0.2) is 0 Å². The SMILES string of the molecule is Cc1ccc(NC(=O)C2CCCN2S(=O)(=O)c2ccc3nc(-c4ccccc4)[nH]c3c2)cc1. The Balaban J connectivity index is 1.41. The molecule has 1 saturated heterocycles. The van der Waals surface area contributed by atoms with Crippen LogP contribution in [0.1, 0.15) is 18.4 Å². The molecule has 168 valence electrons. The number of benzene rings is 3. The minimum absolute atomic E-state index is 0.147. The second-order valence-electron chi connectivity index (χ2n) is 8.26. The van der Waals surface area contributed by atoms with Gasteiger partial charge in [0.1, 0.15) is 11.9 Å². The number of hydrogen-bond donors (Lipinski definition) is 2. The summed E-state index contributed by atoms with van der Waals surface area (Å²) in [7, 11) is -3.85. The molecule has 3 aromatic carbocycles. The van der Waals surface area contributed by atoms with Crippen LogP contribution in [0.4, 0.5) is 5.69 Å². The third kappa shape index (κ3) is 4.15. The highest BCUT2D eigenvalue weighted by Crippen LogP contribution is 2.29. The zero-order valence-electron chi connectivity index (χ0n) is 18.2. The summed E-state index contributed by atoms with van der Waals surface area (Å²) in [6.45, 7) is 2.28. The van der Waals surface area contributed by atoms with Gasteiger partial charge in [-0.05, 0) is 50.1 Å². The summed E-state index contributed by atoms with van der Waals surface area (Å²) in [6.07, 6.45) is 1.12. The molecule has 1 unspecified atom stereocenters. The Hall–Kier alpha value is -3.49. The van der Waals surface area contributed by atoms with E-state index in [2.05, 4.69) is 15.3 Å². The van der Waals surface area contributed by atoms with Crippen LogP contribution in [0.2, 0.25) is 0 Å². The monoisotopic (exact) mass is 460 g/mol. The molecular weight excluding hydrogens is 436 g/mol. The van der Waals surface area contributed by atoms with Crippen LogP contribution >= 0.6 is 0 Å². The van der Waals surface area contributed by atoms with E-state index in [1.165, 1.54) is 4.31 Å². The summed E-state index contributed by atoms with van der Waals surface area (Å²) >= 11 is 0. The number of H-pyrrole nitrogens is 1. The highest BCUT2D eigenvalue weighted by molar-refractivity contribution is 7.89. The van der Waals surface area contributed by atoms with Crippen molar-refractivity contribution in [2.24, 2.45) is 0 Å². The minimum Gasteiger partial charge on any atom is -0.338 e. The van der Waals surface area contributed by atoms with E-state index in [4.69, 9.17) is 0 Å². The fourth-order valence-corrected chi connectivity index (χ4v) is 5.85. The third-order valence-electron chi connectivity index (χ3n) is 5.93. The van der Waals surface area contributed by atoms with Gasteiger partial charge >= 0.3 is 0 Å². The van der Waals surface area contributed by atoms with E-state index in [0.717, 1.165) is 11.1 Å². The number of nitrogens with zero attached hydrogens (tertiary/aromatic N) is 2. The molecule has 1 atom stereocenters. The predicted octanol–water partition coefficient (Wildman–Crippen LogP) is 4.33. The van der Waals surface area contributed by atoms with E-state index in [0.29, 0.717) is 41.9 Å². The predicted molar refractivity (Wildman–Crippen MR) is 128 cm³/mol. The van der Waals surface area contributed by atoms with Crippen molar-refractivity contribution in [2.45, 2.75) is 30.7 Å². The van der Waals surface area contributed by atoms with E-state index >= 15 is 0 Å². The van der Waals surface area contributed by atoms with Gasteiger partial charge in [0.2, 0.25) is 15.9 Å². The Kier molecular flexibility index (Phi) is 5.47. The molecule has 2 N–H and O–H groups in total. The van der Waals surface area contributed by atoms with Gasteiger partial charge in [-0.25, -0.2) is 13.4 Å². The summed E-state index contributed by atoms with van der Waals surface area (Å²) in [5, 5.41) is 2.85. The highest BCUT2D eigenvalue weighted by Gasteiger charge is 2.39. The summed E-state index contributed by atoms with van der Waals surface area (Å²) in [5.41, 5.74) is 3.98. The number of aromatic amines is 1. The number of amides is 1. The fraction of sp³-hybridized carbons (Fsp3) is 0.200. The molecule has 0 saturated carbocycles. The van der Waals surface area contributed by atoms with Crippen LogP contribution in [0.3, 0.4) is 0 Å². The van der Waals surface area contributed by atoms with Gasteiger partial charge in [0, 0.05) is 17.8 Å². The maximum Gasteiger partial charge on any atom is 0.243 e. The number of sulfonamides is 1. The molecule has 7 nitrogen and oxygen atoms in total. The molecule has 0 aliphatic carbocycles. The zero-order chi connectivity index (χ0) is 23.0. The summed E-state index contributed by atoms with van der Waals surface area (Å²) in [6, 6.07) is 21.2. The highest BCUT2D eigenvalue weighted by atomic mass is 32.2. The molecular formula is C25H24N4O3S. The maximum absolute atomic E-state index is 13.5. The molecule has 1 fully saturated rings. The number of aryl methyl sites for hydroxylation is 1. The Morgan fingerprint density at radius 1 is 1.06 bits per heavy atom. The molecule has 8 heteroatoms. The van der Waals surface area contributed by atoms with Crippen LogP contribution in [0.25, 0.3) is 22.4 Å². The van der Waals surface area contributed by atoms with Gasteiger partial charge in [-0.2, -0.15) is 4.31 Å². The normalized spacial score (nSPS) is 16.8. The van der Waals surface area contributed by atoms with E-state index in [1.54, 1.807) is 18.2 Å². The quantitative estimate of drug-likeness (QED) is 0.463. The molecule has 33 heavy (non-hydrogen) atoms. The lowest BCUT2D eigenvalue weighted by molar-refractivity contribution is -0.119. The van der Waals surface area contributed by atoms with Crippen molar-refractivity contribution in [3.05, 3.63) is 78.4 Å². The lowest BCUT2D eigenvalue weighted by Gasteiger charge is -2.23. The van der Waals surface area contributed by atoms with Crippen LogP contribution in [0, 0.1) is 6.92 Å². The Morgan fingerprint density at radius 2 is 1.82 bits per heavy atom. The molecule has 1 aliphatic heterocycles. The van der Waals surface area contributed by atoms with Crippen LogP contribution in [0.5, 0.6) is 0 Å². The molecule has 0 radical (unpaired) electrons. The number of anilines is 1. The first-order chi connectivity index (χ1) is 15.9. The van der Waals surface area contributed by atoms with Gasteiger partial charge in [0.25, 0.3) is 0 Å². The number of carbonyl (C=O) groups is 1. The van der Waals surface area contributed by atoms with Gasteiger partial charge in [-0.1, -0.05) is 48.0 Å². The number of nitrogens with one attached hydrogen (secondary N) is 2. The van der Waals surface area contributed by atoms with E-state index in [9.17, 15) is 13.2 Å². The number of carbonyl (C=O) groups excluding carboxylic acids is 1. The largest absolute Gasteiger partial charge is 0.338 e. The summed E-state index contributed by atoms with van der Waals surface area (Å²) in [5.74, 6) is 0.366. The Labute approximate surface area is 192 Å². The average molecular weight is 461 g/mol. The lowest BCUT2D eigenvalue weighted by atomic mass is 10.2. The van der Waals surface area contributed by atoms with Crippen LogP contribution in [0.15, 0.2) is 77.7 Å². The van der Waals surface area contributed by atoms with Crippen molar-refractivity contribution < 1.29 is 13.2 Å². The molecule has 5 rings (SSSR count). The maximum atomic E-state index is 13.5. The number of imidazole rings is 1. The minimum atomic E-state index is -3.85. The van der Waals surface area contributed by atoms with E-state index in [-0.39, 0.29) is 10.8 Å². The Bertz CT molecular complexity index is 1410. The van der Waals surface area contributed by atoms with Crippen molar-refractivity contribution in [3.8, 4) is 11.4 Å². The second kappa shape index (κ2) is 8.46.